The molecule has 2 aromatic rings. The Morgan fingerprint density at radius 1 is 1.00 bits per heavy atom. The molecule has 5 heteroatoms. The maximum Gasteiger partial charge on any atom is 0.149 e. The number of hydrogen-bond acceptors (Lipinski definition) is 2. The van der Waals surface area contributed by atoms with E-state index in [-0.39, 0.29) is 5.15 Å². The van der Waals surface area contributed by atoms with E-state index in [1.54, 1.807) is 6.07 Å². The van der Waals surface area contributed by atoms with E-state index in [4.69, 9.17) is 34.8 Å². The first-order chi connectivity index (χ1) is 8.16. The molecule has 0 amide bonds. The van der Waals surface area contributed by atoms with Gasteiger partial charge in [0.2, 0.25) is 0 Å². The summed E-state index contributed by atoms with van der Waals surface area (Å²) in [5, 5.41) is 1.89. The standard InChI is InChI=1S/C12H8Cl3NS/c13-9-6-10(14)12(16-11(9)15)17-7-8-4-2-1-3-5-8/h1-6H,7H2. The van der Waals surface area contributed by atoms with Gasteiger partial charge in [0.15, 0.2) is 0 Å². The van der Waals surface area contributed by atoms with Crippen LogP contribution in [0.15, 0.2) is 41.4 Å². The Morgan fingerprint density at radius 3 is 2.41 bits per heavy atom. The number of thioether (sulfide) groups is 1. The predicted octanol–water partition coefficient (Wildman–Crippen LogP) is 5.33. The molecule has 0 aliphatic heterocycles. The van der Waals surface area contributed by atoms with Gasteiger partial charge in [-0.2, -0.15) is 0 Å². The molecule has 0 bridgehead atoms. The van der Waals surface area contributed by atoms with Crippen LogP contribution < -0.4 is 0 Å². The molecule has 1 aromatic heterocycles. The van der Waals surface area contributed by atoms with Gasteiger partial charge in [0, 0.05) is 5.75 Å². The Bertz CT molecular complexity index is 517. The second kappa shape index (κ2) is 5.96. The Morgan fingerprint density at radius 2 is 1.71 bits per heavy atom. The summed E-state index contributed by atoms with van der Waals surface area (Å²) in [6, 6.07) is 11.7. The van der Waals surface area contributed by atoms with Crippen LogP contribution in [0, 0.1) is 0 Å². The first-order valence-corrected chi connectivity index (χ1v) is 6.97. The third-order valence-corrected chi connectivity index (χ3v) is 4.21. The van der Waals surface area contributed by atoms with Crippen LogP contribution in [-0.2, 0) is 5.75 Å². The molecule has 0 aliphatic carbocycles. The van der Waals surface area contributed by atoms with Crippen LogP contribution in [0.1, 0.15) is 5.56 Å². The largest absolute Gasteiger partial charge is 0.227 e. The van der Waals surface area contributed by atoms with Gasteiger partial charge in [0.05, 0.1) is 10.0 Å². The molecule has 0 spiro atoms. The summed E-state index contributed by atoms with van der Waals surface area (Å²) in [5.41, 5.74) is 1.21. The van der Waals surface area contributed by atoms with E-state index in [2.05, 4.69) is 17.1 Å². The van der Waals surface area contributed by atoms with Gasteiger partial charge in [-0.25, -0.2) is 4.98 Å². The van der Waals surface area contributed by atoms with Crippen molar-refractivity contribution in [2.24, 2.45) is 0 Å². The molecule has 0 atom stereocenters. The van der Waals surface area contributed by atoms with Crippen molar-refractivity contribution in [3.63, 3.8) is 0 Å². The topological polar surface area (TPSA) is 12.9 Å². The van der Waals surface area contributed by atoms with Crippen molar-refractivity contribution >= 4 is 46.6 Å². The van der Waals surface area contributed by atoms with Crippen molar-refractivity contribution in [1.82, 2.24) is 4.98 Å². The molecule has 1 nitrogen and oxygen atoms in total. The molecule has 1 aromatic carbocycles. The van der Waals surface area contributed by atoms with Gasteiger partial charge in [-0.3, -0.25) is 0 Å². The highest BCUT2D eigenvalue weighted by atomic mass is 35.5. The van der Waals surface area contributed by atoms with Gasteiger partial charge < -0.3 is 0 Å². The fourth-order valence-corrected chi connectivity index (χ4v) is 2.82. The highest BCUT2D eigenvalue weighted by molar-refractivity contribution is 7.98. The first-order valence-electron chi connectivity index (χ1n) is 4.85. The lowest BCUT2D eigenvalue weighted by Gasteiger charge is -2.05. The van der Waals surface area contributed by atoms with Crippen molar-refractivity contribution in [3.05, 3.63) is 57.2 Å². The van der Waals surface area contributed by atoms with Crippen molar-refractivity contribution < 1.29 is 0 Å². The maximum absolute atomic E-state index is 6.04. The van der Waals surface area contributed by atoms with Crippen LogP contribution in [0.3, 0.4) is 0 Å². The summed E-state index contributed by atoms with van der Waals surface area (Å²) < 4.78 is 0. The molecule has 88 valence electrons. The molecule has 17 heavy (non-hydrogen) atoms. The molecular formula is C12H8Cl3NS. The minimum Gasteiger partial charge on any atom is -0.227 e. The predicted molar refractivity (Wildman–Crippen MR) is 75.3 cm³/mol. The van der Waals surface area contributed by atoms with E-state index in [0.29, 0.717) is 15.1 Å². The minimum atomic E-state index is 0.284. The van der Waals surface area contributed by atoms with Gasteiger partial charge in [0.1, 0.15) is 10.2 Å². The molecular weight excluding hydrogens is 297 g/mol. The zero-order valence-electron chi connectivity index (χ0n) is 8.66. The highest BCUT2D eigenvalue weighted by Gasteiger charge is 2.08. The molecule has 0 saturated heterocycles. The quantitative estimate of drug-likeness (QED) is 0.561. The smallest absolute Gasteiger partial charge is 0.149 e. The SMILES string of the molecule is Clc1cc(Cl)c(SCc2ccccc2)nc1Cl. The number of hydrogen-bond donors (Lipinski definition) is 0. The van der Waals surface area contributed by atoms with E-state index in [0.717, 1.165) is 5.75 Å². The molecule has 0 radical (unpaired) electrons. The number of aromatic nitrogens is 1. The highest BCUT2D eigenvalue weighted by Crippen LogP contribution is 2.33. The molecule has 0 aliphatic rings. The number of pyridine rings is 1. The van der Waals surface area contributed by atoms with Crippen LogP contribution in [0.5, 0.6) is 0 Å². The Balaban J connectivity index is 2.12. The molecule has 0 N–H and O–H groups in total. The van der Waals surface area contributed by atoms with Crippen molar-refractivity contribution in [3.8, 4) is 0 Å². The fraction of sp³-hybridized carbons (Fsp3) is 0.0833. The van der Waals surface area contributed by atoms with E-state index in [9.17, 15) is 0 Å². The van der Waals surface area contributed by atoms with E-state index in [1.807, 2.05) is 18.2 Å². The second-order valence-corrected chi connectivity index (χ2v) is 5.46. The molecule has 1 heterocycles. The van der Waals surface area contributed by atoms with Gasteiger partial charge >= 0.3 is 0 Å². The summed E-state index contributed by atoms with van der Waals surface area (Å²) in [7, 11) is 0. The van der Waals surface area contributed by atoms with Gasteiger partial charge in [0.25, 0.3) is 0 Å². The summed E-state index contributed by atoms with van der Waals surface area (Å²) in [6.45, 7) is 0. The van der Waals surface area contributed by atoms with Crippen LogP contribution in [0.4, 0.5) is 0 Å². The molecule has 0 unspecified atom stereocenters. The van der Waals surface area contributed by atoms with Gasteiger partial charge in [-0.05, 0) is 11.6 Å². The lowest BCUT2D eigenvalue weighted by Crippen LogP contribution is -1.86. The fourth-order valence-electron chi connectivity index (χ4n) is 1.26. The normalized spacial score (nSPS) is 10.5. The summed E-state index contributed by atoms with van der Waals surface area (Å²) in [6.07, 6.45) is 0. The third-order valence-electron chi connectivity index (χ3n) is 2.07. The molecule has 0 saturated carbocycles. The van der Waals surface area contributed by atoms with Crippen LogP contribution >= 0.6 is 46.6 Å². The zero-order valence-corrected chi connectivity index (χ0v) is 11.7. The maximum atomic E-state index is 6.04. The van der Waals surface area contributed by atoms with Crippen LogP contribution in [-0.4, -0.2) is 4.98 Å². The lowest BCUT2D eigenvalue weighted by atomic mass is 10.2. The first kappa shape index (κ1) is 13.0. The average Bonchev–Trinajstić information content (AvgIpc) is 2.33. The summed E-state index contributed by atoms with van der Waals surface area (Å²) >= 11 is 19.2. The number of benzene rings is 1. The van der Waals surface area contributed by atoms with Crippen molar-refractivity contribution in [2.45, 2.75) is 10.8 Å². The van der Waals surface area contributed by atoms with Crippen molar-refractivity contribution in [2.75, 3.05) is 0 Å². The minimum absolute atomic E-state index is 0.284. The second-order valence-electron chi connectivity index (χ2n) is 3.32. The van der Waals surface area contributed by atoms with E-state index in [1.165, 1.54) is 17.3 Å². The monoisotopic (exact) mass is 303 g/mol. The average molecular weight is 305 g/mol. The Kier molecular flexibility index (Phi) is 4.57. The van der Waals surface area contributed by atoms with Crippen molar-refractivity contribution in [1.29, 1.82) is 0 Å². The van der Waals surface area contributed by atoms with Gasteiger partial charge in [-0.1, -0.05) is 65.1 Å². The molecule has 0 fully saturated rings. The van der Waals surface area contributed by atoms with Crippen LogP contribution in [0.25, 0.3) is 0 Å². The number of rotatable bonds is 3. The lowest BCUT2D eigenvalue weighted by molar-refractivity contribution is 1.13. The van der Waals surface area contributed by atoms with Crippen LogP contribution in [0.2, 0.25) is 15.2 Å². The number of halogens is 3. The third kappa shape index (κ3) is 3.52. The summed E-state index contributed by atoms with van der Waals surface area (Å²) in [5.74, 6) is 0.797. The van der Waals surface area contributed by atoms with Gasteiger partial charge in [-0.15, -0.1) is 11.8 Å². The summed E-state index contributed by atoms with van der Waals surface area (Å²) in [4.78, 5) is 4.15. The Labute approximate surface area is 119 Å². The van der Waals surface area contributed by atoms with E-state index < -0.39 is 0 Å². The van der Waals surface area contributed by atoms with E-state index >= 15 is 0 Å². The zero-order chi connectivity index (χ0) is 12.3. The molecule has 2 rings (SSSR count). The Hall–Kier alpha value is -0.410. The number of nitrogens with zero attached hydrogens (tertiary/aromatic N) is 1.